The average molecular weight is 255 g/mol. The first-order chi connectivity index (χ1) is 8.76. The second kappa shape index (κ2) is 8.88. The van der Waals surface area contributed by atoms with Crippen LogP contribution in [-0.2, 0) is 16.0 Å². The molecule has 0 saturated carbocycles. The Morgan fingerprint density at radius 1 is 1.28 bits per heavy atom. The Morgan fingerprint density at radius 2 is 2.11 bits per heavy atom. The van der Waals surface area contributed by atoms with Crippen LogP contribution in [0.25, 0.3) is 0 Å². The first-order valence-corrected chi connectivity index (χ1v) is 5.88. The molecule has 0 saturated heterocycles. The lowest BCUT2D eigenvalue weighted by Gasteiger charge is -2.11. The third-order valence-electron chi connectivity index (χ3n) is 2.37. The Balaban J connectivity index is 2.34. The normalized spacial score (nSPS) is 12.4. The summed E-state index contributed by atoms with van der Waals surface area (Å²) in [4.78, 5) is 0. The van der Waals surface area contributed by atoms with Crippen LogP contribution >= 0.6 is 0 Å². The van der Waals surface area contributed by atoms with Gasteiger partial charge in [0.05, 0.1) is 6.61 Å². The molecular formula is C13H21NO4. The number of hydrogen-bond donors (Lipinski definition) is 2. The van der Waals surface area contributed by atoms with E-state index in [-0.39, 0.29) is 0 Å². The van der Waals surface area contributed by atoms with Crippen LogP contribution in [0.3, 0.4) is 0 Å². The van der Waals surface area contributed by atoms with E-state index in [4.69, 9.17) is 14.2 Å². The Labute approximate surface area is 108 Å². The lowest BCUT2D eigenvalue weighted by Crippen LogP contribution is -2.27. The summed E-state index contributed by atoms with van der Waals surface area (Å²) in [6, 6.07) is 7.80. The maximum Gasteiger partial charge on any atom is 0.166 e. The Kier molecular flexibility index (Phi) is 7.36. The van der Waals surface area contributed by atoms with Crippen molar-refractivity contribution in [3.8, 4) is 5.75 Å². The van der Waals surface area contributed by atoms with E-state index in [1.165, 1.54) is 7.11 Å². The van der Waals surface area contributed by atoms with Gasteiger partial charge >= 0.3 is 0 Å². The summed E-state index contributed by atoms with van der Waals surface area (Å²) in [6.45, 7) is 2.16. The van der Waals surface area contributed by atoms with E-state index in [2.05, 4.69) is 5.32 Å². The predicted molar refractivity (Wildman–Crippen MR) is 68.5 cm³/mol. The fourth-order valence-corrected chi connectivity index (χ4v) is 1.41. The van der Waals surface area contributed by atoms with E-state index in [0.29, 0.717) is 26.3 Å². The molecule has 1 aromatic carbocycles. The van der Waals surface area contributed by atoms with Crippen molar-refractivity contribution in [3.63, 3.8) is 0 Å². The monoisotopic (exact) mass is 255 g/mol. The number of aliphatic hydroxyl groups excluding tert-OH is 1. The average Bonchev–Trinajstić information content (AvgIpc) is 2.39. The molecule has 2 N–H and O–H groups in total. The minimum Gasteiger partial charge on any atom is -0.491 e. The van der Waals surface area contributed by atoms with Crippen LogP contribution in [0.15, 0.2) is 24.3 Å². The minimum atomic E-state index is -0.772. The molecule has 0 aliphatic rings. The lowest BCUT2D eigenvalue weighted by molar-refractivity contribution is -0.0709. The molecule has 0 radical (unpaired) electrons. The second-order valence-corrected chi connectivity index (χ2v) is 3.81. The number of hydrogen-bond acceptors (Lipinski definition) is 5. The van der Waals surface area contributed by atoms with Gasteiger partial charge in [-0.25, -0.2) is 0 Å². The number of benzene rings is 1. The summed E-state index contributed by atoms with van der Waals surface area (Å²) in [5.74, 6) is 0.818. The molecule has 0 spiro atoms. The zero-order chi connectivity index (χ0) is 13.2. The molecule has 0 aliphatic carbocycles. The summed E-state index contributed by atoms with van der Waals surface area (Å²) < 4.78 is 15.2. The molecule has 0 fully saturated rings. The SMILES string of the molecule is COCCOc1cccc(CNCC(O)OC)c1. The molecule has 5 nitrogen and oxygen atoms in total. The van der Waals surface area contributed by atoms with Crippen molar-refractivity contribution in [2.75, 3.05) is 34.0 Å². The van der Waals surface area contributed by atoms with Gasteiger partial charge in [-0.1, -0.05) is 12.1 Å². The maximum atomic E-state index is 9.21. The Bertz CT molecular complexity index is 333. The van der Waals surface area contributed by atoms with E-state index in [1.54, 1.807) is 7.11 Å². The number of aliphatic hydroxyl groups is 1. The number of nitrogens with one attached hydrogen (secondary N) is 1. The predicted octanol–water partition coefficient (Wildman–Crippen LogP) is 0.766. The highest BCUT2D eigenvalue weighted by Gasteiger charge is 2.01. The fraction of sp³-hybridized carbons (Fsp3) is 0.538. The molecule has 102 valence electrons. The van der Waals surface area contributed by atoms with Crippen LogP contribution < -0.4 is 10.1 Å². The van der Waals surface area contributed by atoms with E-state index in [0.717, 1.165) is 11.3 Å². The zero-order valence-electron chi connectivity index (χ0n) is 10.9. The molecular weight excluding hydrogens is 234 g/mol. The molecule has 1 aromatic rings. The summed E-state index contributed by atoms with van der Waals surface area (Å²) in [7, 11) is 3.11. The largest absolute Gasteiger partial charge is 0.491 e. The molecule has 0 aromatic heterocycles. The molecule has 0 heterocycles. The van der Waals surface area contributed by atoms with Crippen LogP contribution in [0, 0.1) is 0 Å². The van der Waals surface area contributed by atoms with Crippen LogP contribution in [0.5, 0.6) is 5.75 Å². The summed E-state index contributed by atoms with van der Waals surface area (Å²) in [5.41, 5.74) is 1.09. The van der Waals surface area contributed by atoms with Crippen LogP contribution in [0.2, 0.25) is 0 Å². The molecule has 1 rings (SSSR count). The van der Waals surface area contributed by atoms with Gasteiger partial charge < -0.3 is 24.6 Å². The number of rotatable bonds is 9. The number of methoxy groups -OCH3 is 2. The Hall–Kier alpha value is -1.14. The van der Waals surface area contributed by atoms with Crippen molar-refractivity contribution in [2.45, 2.75) is 12.8 Å². The molecule has 1 unspecified atom stereocenters. The Morgan fingerprint density at radius 3 is 2.83 bits per heavy atom. The van der Waals surface area contributed by atoms with Crippen LogP contribution in [-0.4, -0.2) is 45.4 Å². The van der Waals surface area contributed by atoms with Gasteiger partial charge in [0.25, 0.3) is 0 Å². The van der Waals surface area contributed by atoms with Crippen molar-refractivity contribution in [3.05, 3.63) is 29.8 Å². The highest BCUT2D eigenvalue weighted by Crippen LogP contribution is 2.13. The highest BCUT2D eigenvalue weighted by molar-refractivity contribution is 5.28. The van der Waals surface area contributed by atoms with E-state index in [1.807, 2.05) is 24.3 Å². The second-order valence-electron chi connectivity index (χ2n) is 3.81. The third-order valence-corrected chi connectivity index (χ3v) is 2.37. The summed E-state index contributed by atoms with van der Waals surface area (Å²) >= 11 is 0. The van der Waals surface area contributed by atoms with E-state index >= 15 is 0 Å². The van der Waals surface area contributed by atoms with Gasteiger partial charge in [-0.05, 0) is 17.7 Å². The van der Waals surface area contributed by atoms with E-state index in [9.17, 15) is 5.11 Å². The first kappa shape index (κ1) is 14.9. The van der Waals surface area contributed by atoms with Gasteiger partial charge in [-0.3, -0.25) is 0 Å². The fourth-order valence-electron chi connectivity index (χ4n) is 1.41. The van der Waals surface area contributed by atoms with Crippen LogP contribution in [0.1, 0.15) is 5.56 Å². The lowest BCUT2D eigenvalue weighted by atomic mass is 10.2. The van der Waals surface area contributed by atoms with Gasteiger partial charge in [-0.15, -0.1) is 0 Å². The molecule has 0 bridgehead atoms. The first-order valence-electron chi connectivity index (χ1n) is 5.88. The quantitative estimate of drug-likeness (QED) is 0.504. The summed E-state index contributed by atoms with van der Waals surface area (Å²) in [6.07, 6.45) is -0.772. The maximum absolute atomic E-state index is 9.21. The van der Waals surface area contributed by atoms with Gasteiger partial charge in [0.15, 0.2) is 6.29 Å². The van der Waals surface area contributed by atoms with Gasteiger partial charge in [0, 0.05) is 27.3 Å². The van der Waals surface area contributed by atoms with Crippen molar-refractivity contribution in [1.82, 2.24) is 5.32 Å². The smallest absolute Gasteiger partial charge is 0.166 e. The van der Waals surface area contributed by atoms with Gasteiger partial charge in [0.1, 0.15) is 12.4 Å². The van der Waals surface area contributed by atoms with Crippen molar-refractivity contribution in [2.24, 2.45) is 0 Å². The van der Waals surface area contributed by atoms with Crippen LogP contribution in [0.4, 0.5) is 0 Å². The summed E-state index contributed by atoms with van der Waals surface area (Å²) in [5, 5.41) is 12.3. The topological polar surface area (TPSA) is 60.0 Å². The standard InChI is InChI=1S/C13H21NO4/c1-16-6-7-18-12-5-3-4-11(8-12)9-14-10-13(15)17-2/h3-5,8,13-15H,6-7,9-10H2,1-2H3. The van der Waals surface area contributed by atoms with Crippen molar-refractivity contribution < 1.29 is 19.3 Å². The highest BCUT2D eigenvalue weighted by atomic mass is 16.6. The molecule has 0 aliphatic heterocycles. The van der Waals surface area contributed by atoms with Crippen molar-refractivity contribution in [1.29, 1.82) is 0 Å². The zero-order valence-corrected chi connectivity index (χ0v) is 10.9. The minimum absolute atomic E-state index is 0.394. The van der Waals surface area contributed by atoms with Gasteiger partial charge in [-0.2, -0.15) is 0 Å². The molecule has 1 atom stereocenters. The van der Waals surface area contributed by atoms with Gasteiger partial charge in [0.2, 0.25) is 0 Å². The van der Waals surface area contributed by atoms with Crippen molar-refractivity contribution >= 4 is 0 Å². The third kappa shape index (κ3) is 5.97. The molecule has 18 heavy (non-hydrogen) atoms. The number of ether oxygens (including phenoxy) is 3. The molecule has 5 heteroatoms. The van der Waals surface area contributed by atoms with E-state index < -0.39 is 6.29 Å². The molecule has 0 amide bonds.